The van der Waals surface area contributed by atoms with E-state index in [1.54, 1.807) is 0 Å². The zero-order valence-electron chi connectivity index (χ0n) is 6.83. The van der Waals surface area contributed by atoms with Crippen LogP contribution in [0.2, 0.25) is 0 Å². The summed E-state index contributed by atoms with van der Waals surface area (Å²) in [6, 6.07) is 0.450. The van der Waals surface area contributed by atoms with Gasteiger partial charge in [-0.25, -0.2) is 4.98 Å². The second-order valence-corrected chi connectivity index (χ2v) is 3.96. The summed E-state index contributed by atoms with van der Waals surface area (Å²) in [6.45, 7) is 0.710. The second kappa shape index (κ2) is 3.18. The quantitative estimate of drug-likeness (QED) is 0.794. The van der Waals surface area contributed by atoms with Crippen LogP contribution in [-0.2, 0) is 6.42 Å². The minimum absolute atomic E-state index is 0.450. The zero-order chi connectivity index (χ0) is 8.55. The van der Waals surface area contributed by atoms with Gasteiger partial charge in [0.1, 0.15) is 10.4 Å². The molecule has 1 aromatic heterocycles. The van der Waals surface area contributed by atoms with Gasteiger partial charge in [0.25, 0.3) is 0 Å². The molecule has 0 saturated carbocycles. The SMILES string of the molecule is NCC1CCCc2ncc(Br)n21. The number of nitrogens with two attached hydrogens (primary N) is 1. The molecule has 1 aromatic rings. The Balaban J connectivity index is 2.41. The van der Waals surface area contributed by atoms with Gasteiger partial charge in [0.05, 0.1) is 6.20 Å². The third-order valence-electron chi connectivity index (χ3n) is 2.40. The molecule has 2 heterocycles. The Morgan fingerprint density at radius 1 is 1.75 bits per heavy atom. The zero-order valence-corrected chi connectivity index (χ0v) is 8.42. The maximum Gasteiger partial charge on any atom is 0.109 e. The molecule has 0 bridgehead atoms. The van der Waals surface area contributed by atoms with Gasteiger partial charge in [0, 0.05) is 19.0 Å². The number of halogens is 1. The molecule has 1 atom stereocenters. The Bertz CT molecular complexity index is 282. The van der Waals surface area contributed by atoms with Crippen LogP contribution in [-0.4, -0.2) is 16.1 Å². The van der Waals surface area contributed by atoms with Crippen molar-refractivity contribution in [3.63, 3.8) is 0 Å². The molecule has 1 aliphatic rings. The van der Waals surface area contributed by atoms with Gasteiger partial charge < -0.3 is 10.3 Å². The highest BCUT2D eigenvalue weighted by atomic mass is 79.9. The number of fused-ring (bicyclic) bond motifs is 1. The van der Waals surface area contributed by atoms with E-state index in [0.717, 1.165) is 11.0 Å². The Kier molecular flexibility index (Phi) is 2.19. The normalized spacial score (nSPS) is 22.3. The summed E-state index contributed by atoms with van der Waals surface area (Å²) in [5.74, 6) is 1.17. The predicted molar refractivity (Wildman–Crippen MR) is 51.0 cm³/mol. The first-order valence-electron chi connectivity index (χ1n) is 4.24. The van der Waals surface area contributed by atoms with E-state index in [9.17, 15) is 0 Å². The Labute approximate surface area is 80.1 Å². The molecule has 2 rings (SSSR count). The van der Waals surface area contributed by atoms with Crippen molar-refractivity contribution in [2.45, 2.75) is 25.3 Å². The van der Waals surface area contributed by atoms with E-state index < -0.39 is 0 Å². The summed E-state index contributed by atoms with van der Waals surface area (Å²) < 4.78 is 3.27. The molecule has 1 unspecified atom stereocenters. The molecular weight excluding hydrogens is 218 g/mol. The van der Waals surface area contributed by atoms with E-state index in [1.807, 2.05) is 6.20 Å². The van der Waals surface area contributed by atoms with Crippen LogP contribution in [0, 0.1) is 0 Å². The summed E-state index contributed by atoms with van der Waals surface area (Å²) in [5.41, 5.74) is 5.68. The van der Waals surface area contributed by atoms with Crippen molar-refractivity contribution in [1.29, 1.82) is 0 Å². The monoisotopic (exact) mass is 229 g/mol. The lowest BCUT2D eigenvalue weighted by atomic mass is 10.1. The Morgan fingerprint density at radius 2 is 2.58 bits per heavy atom. The molecule has 2 N–H and O–H groups in total. The van der Waals surface area contributed by atoms with Gasteiger partial charge in [-0.2, -0.15) is 0 Å². The van der Waals surface area contributed by atoms with Crippen LogP contribution in [0.1, 0.15) is 24.7 Å². The van der Waals surface area contributed by atoms with Gasteiger partial charge in [-0.3, -0.25) is 0 Å². The number of rotatable bonds is 1. The van der Waals surface area contributed by atoms with Crippen LogP contribution >= 0.6 is 15.9 Å². The van der Waals surface area contributed by atoms with Crippen molar-refractivity contribution in [2.75, 3.05) is 6.54 Å². The number of aryl methyl sites for hydroxylation is 1. The molecule has 0 radical (unpaired) electrons. The number of imidazole rings is 1. The van der Waals surface area contributed by atoms with E-state index >= 15 is 0 Å². The first-order valence-corrected chi connectivity index (χ1v) is 5.04. The molecule has 1 aliphatic heterocycles. The topological polar surface area (TPSA) is 43.8 Å². The lowest BCUT2D eigenvalue weighted by Gasteiger charge is -2.24. The van der Waals surface area contributed by atoms with Crippen LogP contribution in [0.3, 0.4) is 0 Å². The van der Waals surface area contributed by atoms with Crippen LogP contribution in [0.4, 0.5) is 0 Å². The van der Waals surface area contributed by atoms with E-state index in [2.05, 4.69) is 25.5 Å². The van der Waals surface area contributed by atoms with E-state index in [0.29, 0.717) is 12.6 Å². The highest BCUT2D eigenvalue weighted by Crippen LogP contribution is 2.27. The van der Waals surface area contributed by atoms with Gasteiger partial charge >= 0.3 is 0 Å². The fraction of sp³-hybridized carbons (Fsp3) is 0.625. The third-order valence-corrected chi connectivity index (χ3v) is 2.99. The minimum atomic E-state index is 0.450. The van der Waals surface area contributed by atoms with Crippen molar-refractivity contribution in [3.8, 4) is 0 Å². The molecule has 0 saturated heterocycles. The summed E-state index contributed by atoms with van der Waals surface area (Å²) >= 11 is 3.48. The van der Waals surface area contributed by atoms with Gasteiger partial charge in [-0.1, -0.05) is 0 Å². The lowest BCUT2D eigenvalue weighted by Crippen LogP contribution is -2.24. The standard InChI is InChI=1S/C8H12BrN3/c9-7-5-11-8-3-1-2-6(4-10)12(7)8/h5-6H,1-4,10H2. The summed E-state index contributed by atoms with van der Waals surface area (Å²) in [7, 11) is 0. The van der Waals surface area contributed by atoms with Crippen molar-refractivity contribution >= 4 is 15.9 Å². The Hall–Kier alpha value is -0.350. The smallest absolute Gasteiger partial charge is 0.109 e. The number of nitrogens with zero attached hydrogens (tertiary/aromatic N) is 2. The molecule has 66 valence electrons. The molecule has 12 heavy (non-hydrogen) atoms. The van der Waals surface area contributed by atoms with Crippen LogP contribution in [0.5, 0.6) is 0 Å². The summed E-state index contributed by atoms with van der Waals surface area (Å²) in [5, 5.41) is 0. The van der Waals surface area contributed by atoms with Gasteiger partial charge in [-0.05, 0) is 28.8 Å². The molecular formula is C8H12BrN3. The Morgan fingerprint density at radius 3 is 3.33 bits per heavy atom. The van der Waals surface area contributed by atoms with Gasteiger partial charge in [-0.15, -0.1) is 0 Å². The van der Waals surface area contributed by atoms with Crippen LogP contribution < -0.4 is 5.73 Å². The third kappa shape index (κ3) is 1.19. The summed E-state index contributed by atoms with van der Waals surface area (Å²) in [4.78, 5) is 4.32. The molecule has 0 amide bonds. The van der Waals surface area contributed by atoms with Crippen molar-refractivity contribution in [2.24, 2.45) is 5.73 Å². The maximum atomic E-state index is 5.68. The van der Waals surface area contributed by atoms with E-state index in [1.165, 1.54) is 18.7 Å². The highest BCUT2D eigenvalue weighted by Gasteiger charge is 2.20. The average Bonchev–Trinajstić information content (AvgIpc) is 2.48. The van der Waals surface area contributed by atoms with Gasteiger partial charge in [0.2, 0.25) is 0 Å². The maximum absolute atomic E-state index is 5.68. The number of hydrogen-bond donors (Lipinski definition) is 1. The molecule has 3 nitrogen and oxygen atoms in total. The highest BCUT2D eigenvalue weighted by molar-refractivity contribution is 9.10. The average molecular weight is 230 g/mol. The van der Waals surface area contributed by atoms with E-state index in [4.69, 9.17) is 5.73 Å². The molecule has 0 spiro atoms. The molecule has 0 fully saturated rings. The van der Waals surface area contributed by atoms with Crippen LogP contribution in [0.25, 0.3) is 0 Å². The van der Waals surface area contributed by atoms with Gasteiger partial charge in [0.15, 0.2) is 0 Å². The van der Waals surface area contributed by atoms with Crippen molar-refractivity contribution < 1.29 is 0 Å². The van der Waals surface area contributed by atoms with Crippen molar-refractivity contribution in [3.05, 3.63) is 16.6 Å². The number of aromatic nitrogens is 2. The minimum Gasteiger partial charge on any atom is -0.328 e. The van der Waals surface area contributed by atoms with E-state index in [-0.39, 0.29) is 0 Å². The number of hydrogen-bond acceptors (Lipinski definition) is 2. The van der Waals surface area contributed by atoms with Crippen LogP contribution in [0.15, 0.2) is 10.8 Å². The summed E-state index contributed by atoms with van der Waals surface area (Å²) in [6.07, 6.45) is 5.34. The largest absolute Gasteiger partial charge is 0.328 e. The second-order valence-electron chi connectivity index (χ2n) is 3.15. The van der Waals surface area contributed by atoms with Crippen molar-refractivity contribution in [1.82, 2.24) is 9.55 Å². The fourth-order valence-corrected chi connectivity index (χ4v) is 2.39. The first-order chi connectivity index (χ1) is 5.83. The molecule has 4 heteroatoms. The predicted octanol–water partition coefficient (Wildman–Crippen LogP) is 1.48. The molecule has 0 aliphatic carbocycles. The first kappa shape index (κ1) is 8.26. The lowest BCUT2D eigenvalue weighted by molar-refractivity contribution is 0.399. The fourth-order valence-electron chi connectivity index (χ4n) is 1.79. The molecule has 0 aromatic carbocycles.